The van der Waals surface area contributed by atoms with Crippen LogP contribution in [0.4, 0.5) is 15.9 Å². The lowest BCUT2D eigenvalue weighted by atomic mass is 9.81. The number of ether oxygens (including phenoxy) is 1. The molecule has 2 aliphatic heterocycles. The summed E-state index contributed by atoms with van der Waals surface area (Å²) in [6.07, 6.45) is -0.497. The summed E-state index contributed by atoms with van der Waals surface area (Å²) in [5, 5.41) is 21.2. The SMILES string of the molecule is O=P(O)(O)CP(=O)(O)OC[C@H]1O[C@@H](n2cnc3c(N4CC5(CCCC5)c5ccc(F)cc54)nc(Cl)nc32)[C@@H](O)C1O. The molecule has 1 spiro atoms. The molecule has 6 rings (SSSR count). The fourth-order valence-electron chi connectivity index (χ4n) is 6.13. The molecule has 2 fully saturated rings. The van der Waals surface area contributed by atoms with Gasteiger partial charge in [-0.3, -0.25) is 13.7 Å². The molecule has 4 heterocycles. The molecule has 14 nitrogen and oxygen atoms in total. The zero-order chi connectivity index (χ0) is 29.3. The third kappa shape index (κ3) is 5.33. The van der Waals surface area contributed by atoms with Crippen LogP contribution in [0.5, 0.6) is 0 Å². The van der Waals surface area contributed by atoms with Crippen LogP contribution in [0.25, 0.3) is 11.2 Å². The van der Waals surface area contributed by atoms with Gasteiger partial charge in [0.2, 0.25) is 5.28 Å². The van der Waals surface area contributed by atoms with Crippen molar-refractivity contribution in [2.24, 2.45) is 0 Å². The number of hydrogen-bond acceptors (Lipinski definition) is 10. The molecule has 1 aliphatic carbocycles. The summed E-state index contributed by atoms with van der Waals surface area (Å²) in [5.74, 6) is -1.48. The number of halogens is 2. The molecule has 18 heteroatoms. The Hall–Kier alpha value is -2.03. The fraction of sp³-hybridized carbons (Fsp3) is 0.522. The van der Waals surface area contributed by atoms with Crippen LogP contribution < -0.4 is 4.90 Å². The first-order valence-electron chi connectivity index (χ1n) is 12.8. The second-order valence-corrected chi connectivity index (χ2v) is 15.0. The third-order valence-electron chi connectivity index (χ3n) is 7.89. The molecule has 1 saturated heterocycles. The Morgan fingerprint density at radius 1 is 1.15 bits per heavy atom. The van der Waals surface area contributed by atoms with Crippen LogP contribution >= 0.6 is 26.8 Å². The molecular formula is C23H27ClFN5O9P2. The minimum Gasteiger partial charge on any atom is -0.387 e. The molecule has 1 saturated carbocycles. The van der Waals surface area contributed by atoms with Crippen molar-refractivity contribution in [3.63, 3.8) is 0 Å². The summed E-state index contributed by atoms with van der Waals surface area (Å²) in [4.78, 5) is 42.7. The van der Waals surface area contributed by atoms with E-state index in [-0.39, 0.29) is 21.9 Å². The highest BCUT2D eigenvalue weighted by Gasteiger charge is 2.48. The second kappa shape index (κ2) is 10.3. The maximum atomic E-state index is 14.4. The number of fused-ring (bicyclic) bond motifs is 3. The summed E-state index contributed by atoms with van der Waals surface area (Å²) in [7, 11) is -9.59. The van der Waals surface area contributed by atoms with Gasteiger partial charge in [-0.25, -0.2) is 9.37 Å². The van der Waals surface area contributed by atoms with Crippen LogP contribution in [0.3, 0.4) is 0 Å². The Morgan fingerprint density at radius 2 is 1.88 bits per heavy atom. The van der Waals surface area contributed by atoms with E-state index < -0.39 is 58.1 Å². The Kier molecular flexibility index (Phi) is 7.30. The minimum absolute atomic E-state index is 0.147. The lowest BCUT2D eigenvalue weighted by molar-refractivity contribution is -0.0483. The van der Waals surface area contributed by atoms with Gasteiger partial charge in [0.25, 0.3) is 0 Å². The van der Waals surface area contributed by atoms with Crippen molar-refractivity contribution in [2.75, 3.05) is 24.0 Å². The van der Waals surface area contributed by atoms with E-state index in [0.717, 1.165) is 31.2 Å². The van der Waals surface area contributed by atoms with Gasteiger partial charge in [0.05, 0.1) is 12.9 Å². The summed E-state index contributed by atoms with van der Waals surface area (Å²) >= 11 is 6.33. The normalized spacial score (nSPS) is 27.1. The molecule has 1 aromatic carbocycles. The number of rotatable bonds is 7. The van der Waals surface area contributed by atoms with Gasteiger partial charge in [0, 0.05) is 17.6 Å². The number of nitrogens with zero attached hydrogens (tertiary/aromatic N) is 5. The van der Waals surface area contributed by atoms with E-state index in [2.05, 4.69) is 15.0 Å². The first-order valence-corrected chi connectivity index (χ1v) is 16.7. The molecule has 5 atom stereocenters. The van der Waals surface area contributed by atoms with Gasteiger partial charge in [0.1, 0.15) is 24.1 Å². The Bertz CT molecular complexity index is 1600. The Labute approximate surface area is 237 Å². The number of aliphatic hydroxyl groups is 2. The van der Waals surface area contributed by atoms with Crippen LogP contribution in [-0.2, 0) is 23.8 Å². The molecule has 0 amide bonds. The third-order valence-corrected chi connectivity index (χ3v) is 11.5. The smallest absolute Gasteiger partial charge is 0.340 e. The molecule has 0 radical (unpaired) electrons. The quantitative estimate of drug-likeness (QED) is 0.188. The molecule has 41 heavy (non-hydrogen) atoms. The van der Waals surface area contributed by atoms with Crippen molar-refractivity contribution >= 4 is 49.5 Å². The lowest BCUT2D eigenvalue weighted by Crippen LogP contribution is -2.33. The molecule has 222 valence electrons. The second-order valence-electron chi connectivity index (χ2n) is 10.7. The van der Waals surface area contributed by atoms with Gasteiger partial charge in [-0.2, -0.15) is 9.97 Å². The average molecular weight is 634 g/mol. The Balaban J connectivity index is 1.31. The van der Waals surface area contributed by atoms with E-state index in [1.165, 1.54) is 23.0 Å². The van der Waals surface area contributed by atoms with Gasteiger partial charge in [-0.1, -0.05) is 18.9 Å². The molecule has 2 unspecified atom stereocenters. The molecule has 2 aromatic heterocycles. The largest absolute Gasteiger partial charge is 0.387 e. The van der Waals surface area contributed by atoms with E-state index >= 15 is 0 Å². The van der Waals surface area contributed by atoms with E-state index in [4.69, 9.17) is 30.6 Å². The minimum atomic E-state index is -4.86. The predicted octanol–water partition coefficient (Wildman–Crippen LogP) is 2.54. The number of aliphatic hydroxyl groups excluding tert-OH is 2. The van der Waals surface area contributed by atoms with Crippen LogP contribution in [0.15, 0.2) is 24.5 Å². The monoisotopic (exact) mass is 633 g/mol. The van der Waals surface area contributed by atoms with Crippen LogP contribution in [0.2, 0.25) is 5.28 Å². The molecule has 3 aromatic rings. The van der Waals surface area contributed by atoms with Gasteiger partial charge in [0.15, 0.2) is 29.1 Å². The highest BCUT2D eigenvalue weighted by Crippen LogP contribution is 2.56. The zero-order valence-electron chi connectivity index (χ0n) is 21.3. The van der Waals surface area contributed by atoms with Crippen molar-refractivity contribution < 1.29 is 47.7 Å². The predicted molar refractivity (Wildman–Crippen MR) is 142 cm³/mol. The van der Waals surface area contributed by atoms with Crippen LogP contribution in [0, 0.1) is 5.82 Å². The van der Waals surface area contributed by atoms with Gasteiger partial charge < -0.3 is 39.1 Å². The van der Waals surface area contributed by atoms with E-state index in [1.54, 1.807) is 0 Å². The van der Waals surface area contributed by atoms with Gasteiger partial charge >= 0.3 is 15.2 Å². The van der Waals surface area contributed by atoms with E-state index in [9.17, 15) is 28.6 Å². The topological polar surface area (TPSA) is 201 Å². The highest BCUT2D eigenvalue weighted by atomic mass is 35.5. The molecule has 5 N–H and O–H groups in total. The van der Waals surface area contributed by atoms with Crippen molar-refractivity contribution in [1.29, 1.82) is 0 Å². The summed E-state index contributed by atoms with van der Waals surface area (Å²) in [5.41, 5.74) is 1.96. The number of benzene rings is 1. The van der Waals surface area contributed by atoms with Crippen molar-refractivity contribution in [3.05, 3.63) is 41.2 Å². The summed E-state index contributed by atoms with van der Waals surface area (Å²) in [6, 6.07) is 4.72. The number of aromatic nitrogens is 4. The van der Waals surface area contributed by atoms with Gasteiger partial charge in [-0.05, 0) is 42.1 Å². The first-order chi connectivity index (χ1) is 19.3. The molecular weight excluding hydrogens is 607 g/mol. The van der Waals surface area contributed by atoms with Gasteiger partial charge in [-0.15, -0.1) is 0 Å². The zero-order valence-corrected chi connectivity index (χ0v) is 23.9. The van der Waals surface area contributed by atoms with Crippen LogP contribution in [-0.4, -0.2) is 81.8 Å². The fourth-order valence-corrected chi connectivity index (χ4v) is 8.86. The highest BCUT2D eigenvalue weighted by molar-refractivity contribution is 7.70. The first kappa shape index (κ1) is 29.1. The number of hydrogen-bond donors (Lipinski definition) is 5. The number of imidazole rings is 1. The van der Waals surface area contributed by atoms with E-state index in [0.29, 0.717) is 18.1 Å². The molecule has 0 bridgehead atoms. The summed E-state index contributed by atoms with van der Waals surface area (Å²) in [6.45, 7) is -0.202. The average Bonchev–Trinajstić information content (AvgIpc) is 3.64. The Morgan fingerprint density at radius 3 is 2.59 bits per heavy atom. The molecule has 3 aliphatic rings. The van der Waals surface area contributed by atoms with Crippen LogP contribution in [0.1, 0.15) is 37.5 Å². The van der Waals surface area contributed by atoms with Crippen molar-refractivity contribution in [2.45, 2.75) is 55.6 Å². The summed E-state index contributed by atoms with van der Waals surface area (Å²) < 4.78 is 49.4. The lowest BCUT2D eigenvalue weighted by Gasteiger charge is -2.25. The van der Waals surface area contributed by atoms with Crippen molar-refractivity contribution in [1.82, 2.24) is 19.5 Å². The number of anilines is 2. The maximum absolute atomic E-state index is 14.4. The van der Waals surface area contributed by atoms with E-state index in [1.807, 2.05) is 11.0 Å². The standard InChI is InChI=1S/C23H27ClFN5O9P2/c24-22-27-19(29-9-23(5-1-2-6-23)13-4-3-12(25)7-14(13)29)16-20(28-22)30(10-26-16)21-18(32)17(31)15(39-21)8-38-41(36,37)11-40(33,34)35/h3-4,7,10,15,17-18,21,31-32H,1-2,5-6,8-9,11H2,(H,36,37)(H2,33,34,35)/t15-,17?,18+,21-/m1/s1. The van der Waals surface area contributed by atoms with Crippen molar-refractivity contribution in [3.8, 4) is 0 Å². The maximum Gasteiger partial charge on any atom is 0.340 e.